The van der Waals surface area contributed by atoms with Gasteiger partial charge in [0, 0.05) is 19.0 Å². The molecule has 2 aliphatic rings. The maximum absolute atomic E-state index is 14.3. The van der Waals surface area contributed by atoms with Crippen molar-refractivity contribution in [2.75, 3.05) is 10.8 Å². The van der Waals surface area contributed by atoms with Gasteiger partial charge in [-0.2, -0.15) is 22.0 Å². The topological polar surface area (TPSA) is 84.9 Å². The minimum absolute atomic E-state index is 0.00362. The number of alkyl halides is 5. The molecule has 0 saturated heterocycles. The molecule has 3 aromatic carbocycles. The van der Waals surface area contributed by atoms with E-state index in [-0.39, 0.29) is 47.0 Å². The van der Waals surface area contributed by atoms with Crippen molar-refractivity contribution in [1.82, 2.24) is 5.32 Å². The molecule has 0 spiro atoms. The van der Waals surface area contributed by atoms with E-state index in [1.807, 2.05) is 0 Å². The number of carbonyl (C=O) groups excluding carboxylic acids is 1. The van der Waals surface area contributed by atoms with Gasteiger partial charge in [0.25, 0.3) is 10.0 Å². The summed E-state index contributed by atoms with van der Waals surface area (Å²) < 4.78 is 119. The van der Waals surface area contributed by atoms with Gasteiger partial charge < -0.3 is 14.8 Å². The summed E-state index contributed by atoms with van der Waals surface area (Å²) in [4.78, 5) is 10.7. The van der Waals surface area contributed by atoms with Gasteiger partial charge in [0.2, 0.25) is 5.91 Å². The highest BCUT2D eigenvalue weighted by atomic mass is 32.2. The fraction of sp³-hybridized carbons (Fsp3) is 0.345. The van der Waals surface area contributed by atoms with Gasteiger partial charge in [-0.1, -0.05) is 12.1 Å². The van der Waals surface area contributed by atoms with E-state index in [1.165, 1.54) is 25.1 Å². The first-order valence-corrected chi connectivity index (χ1v) is 14.7. The van der Waals surface area contributed by atoms with Gasteiger partial charge in [0.1, 0.15) is 23.4 Å². The lowest BCUT2D eigenvalue weighted by Crippen LogP contribution is -2.48. The van der Waals surface area contributed by atoms with Gasteiger partial charge in [-0.15, -0.1) is 0 Å². The summed E-state index contributed by atoms with van der Waals surface area (Å²) in [6.45, 7) is -2.03. The number of hydrogen-bond donors (Lipinski definition) is 1. The van der Waals surface area contributed by atoms with Gasteiger partial charge in [0.05, 0.1) is 22.7 Å². The molecule has 3 aromatic rings. The molecule has 1 heterocycles. The number of hydrogen-bond acceptors (Lipinski definition) is 5. The molecule has 1 saturated carbocycles. The van der Waals surface area contributed by atoms with Crippen molar-refractivity contribution in [2.45, 2.75) is 56.0 Å². The van der Waals surface area contributed by atoms with Crippen LogP contribution in [-0.2, 0) is 21.0 Å². The first-order chi connectivity index (χ1) is 20.2. The second-order valence-corrected chi connectivity index (χ2v) is 12.4. The molecule has 0 unspecified atom stereocenters. The largest absolute Gasteiger partial charge is 0.486 e. The SMILES string of the molecule is CC(=O)N[C@H]1C[C@H](C[C@H]2CN(S(=O)(=O)c3cccc(C(F)(F)F)c3)c3cc(-c4cc(F)cc(OC(F)F)c4)ccc3O2)C1. The van der Waals surface area contributed by atoms with E-state index in [2.05, 4.69) is 10.1 Å². The quantitative estimate of drug-likeness (QED) is 0.293. The molecule has 0 bridgehead atoms. The molecule has 14 heteroatoms. The molecule has 0 radical (unpaired) electrons. The zero-order valence-corrected chi connectivity index (χ0v) is 23.4. The van der Waals surface area contributed by atoms with E-state index in [0.29, 0.717) is 25.3 Å². The van der Waals surface area contributed by atoms with E-state index < -0.39 is 50.9 Å². The van der Waals surface area contributed by atoms with Gasteiger partial charge >= 0.3 is 12.8 Å². The van der Waals surface area contributed by atoms with Crippen LogP contribution in [0.5, 0.6) is 11.5 Å². The molecule has 1 N–H and O–H groups in total. The first kappa shape index (κ1) is 30.5. The van der Waals surface area contributed by atoms with Crippen molar-refractivity contribution in [3.05, 3.63) is 72.0 Å². The molecule has 230 valence electrons. The van der Waals surface area contributed by atoms with Gasteiger partial charge in [-0.05, 0) is 78.8 Å². The van der Waals surface area contributed by atoms with Crippen LogP contribution in [-0.4, -0.2) is 39.6 Å². The number of ether oxygens (including phenoxy) is 2. The zero-order valence-electron chi connectivity index (χ0n) is 22.6. The lowest BCUT2D eigenvalue weighted by atomic mass is 9.77. The second-order valence-electron chi connectivity index (χ2n) is 10.5. The van der Waals surface area contributed by atoms with Crippen molar-refractivity contribution < 1.29 is 49.0 Å². The third-order valence-corrected chi connectivity index (χ3v) is 9.08. The summed E-state index contributed by atoms with van der Waals surface area (Å²) in [6, 6.07) is 10.6. The lowest BCUT2D eigenvalue weighted by Gasteiger charge is -2.41. The average molecular weight is 629 g/mol. The van der Waals surface area contributed by atoms with Crippen LogP contribution in [0.1, 0.15) is 31.7 Å². The highest BCUT2D eigenvalue weighted by Gasteiger charge is 2.39. The second kappa shape index (κ2) is 11.6. The van der Waals surface area contributed by atoms with E-state index in [9.17, 15) is 39.6 Å². The first-order valence-electron chi connectivity index (χ1n) is 13.2. The standard InChI is InChI=1S/C29H26F6N2O5S/c1-16(38)36-22-7-17(8-22)9-24-15-37(43(39,40)25-4-2-3-20(13-25)29(33,34)35)26-12-18(5-6-27(26)41-24)19-10-21(30)14-23(11-19)42-28(31)32/h2-6,10-14,17,22,24,28H,7-9,15H2,1H3,(H,36,38)/t17-,22-,24-/m0/s1. The van der Waals surface area contributed by atoms with E-state index in [1.54, 1.807) is 0 Å². The van der Waals surface area contributed by atoms with Gasteiger partial charge in [0.15, 0.2) is 0 Å². The van der Waals surface area contributed by atoms with Gasteiger partial charge in [-0.3, -0.25) is 9.10 Å². The Morgan fingerprint density at radius 3 is 2.49 bits per heavy atom. The maximum atomic E-state index is 14.3. The number of anilines is 1. The van der Waals surface area contributed by atoms with Crippen molar-refractivity contribution in [2.24, 2.45) is 5.92 Å². The highest BCUT2D eigenvalue weighted by Crippen LogP contribution is 2.43. The van der Waals surface area contributed by atoms with Crippen LogP contribution in [0.3, 0.4) is 0 Å². The Hall–Kier alpha value is -3.94. The minimum Gasteiger partial charge on any atom is -0.486 e. The number of fused-ring (bicyclic) bond motifs is 1. The molecule has 0 aromatic heterocycles. The Kier molecular flexibility index (Phi) is 8.25. The molecular weight excluding hydrogens is 602 g/mol. The van der Waals surface area contributed by atoms with E-state index in [4.69, 9.17) is 4.74 Å². The highest BCUT2D eigenvalue weighted by molar-refractivity contribution is 7.92. The number of benzene rings is 3. The van der Waals surface area contributed by atoms with Crippen molar-refractivity contribution in [3.8, 4) is 22.6 Å². The maximum Gasteiger partial charge on any atom is 0.416 e. The van der Waals surface area contributed by atoms with E-state index in [0.717, 1.165) is 40.7 Å². The summed E-state index contributed by atoms with van der Waals surface area (Å²) in [7, 11) is -4.58. The van der Waals surface area contributed by atoms with Crippen LogP contribution >= 0.6 is 0 Å². The summed E-state index contributed by atoms with van der Waals surface area (Å²) >= 11 is 0. The predicted octanol–water partition coefficient (Wildman–Crippen LogP) is 6.37. The van der Waals surface area contributed by atoms with Crippen molar-refractivity contribution in [1.29, 1.82) is 0 Å². The van der Waals surface area contributed by atoms with Crippen LogP contribution in [0.2, 0.25) is 0 Å². The Balaban J connectivity index is 1.52. The molecule has 5 rings (SSSR count). The number of carbonyl (C=O) groups is 1. The Bertz CT molecular complexity index is 1630. The summed E-state index contributed by atoms with van der Waals surface area (Å²) in [5.41, 5.74) is -0.843. The van der Waals surface area contributed by atoms with Crippen LogP contribution in [0.4, 0.5) is 32.0 Å². The number of nitrogens with one attached hydrogen (secondary N) is 1. The molecular formula is C29H26F6N2O5S. The van der Waals surface area contributed by atoms with Gasteiger partial charge in [-0.25, -0.2) is 12.8 Å². The Labute approximate surface area is 243 Å². The molecule has 43 heavy (non-hydrogen) atoms. The molecule has 7 nitrogen and oxygen atoms in total. The molecule has 1 amide bonds. The Morgan fingerprint density at radius 1 is 1.07 bits per heavy atom. The van der Waals surface area contributed by atoms with Crippen LogP contribution in [0, 0.1) is 11.7 Å². The van der Waals surface area contributed by atoms with Crippen LogP contribution < -0.4 is 19.1 Å². The molecule has 1 fully saturated rings. The lowest BCUT2D eigenvalue weighted by molar-refractivity contribution is -0.137. The third-order valence-electron chi connectivity index (χ3n) is 7.31. The smallest absolute Gasteiger partial charge is 0.416 e. The molecule has 1 atom stereocenters. The summed E-state index contributed by atoms with van der Waals surface area (Å²) in [5.74, 6) is -1.26. The van der Waals surface area contributed by atoms with Crippen molar-refractivity contribution in [3.63, 3.8) is 0 Å². The Morgan fingerprint density at radius 2 is 1.81 bits per heavy atom. The number of halogens is 6. The zero-order chi connectivity index (χ0) is 31.1. The summed E-state index contributed by atoms with van der Waals surface area (Å²) in [5, 5.41) is 2.82. The fourth-order valence-corrected chi connectivity index (χ4v) is 6.95. The van der Waals surface area contributed by atoms with Crippen LogP contribution in [0.15, 0.2) is 65.6 Å². The number of nitrogens with zero attached hydrogens (tertiary/aromatic N) is 1. The van der Waals surface area contributed by atoms with Crippen LogP contribution in [0.25, 0.3) is 11.1 Å². The monoisotopic (exact) mass is 628 g/mol. The fourth-order valence-electron chi connectivity index (χ4n) is 5.41. The number of rotatable bonds is 8. The average Bonchev–Trinajstić information content (AvgIpc) is 2.89. The predicted molar refractivity (Wildman–Crippen MR) is 144 cm³/mol. The normalized spacial score (nSPS) is 20.2. The number of amides is 1. The van der Waals surface area contributed by atoms with Crippen molar-refractivity contribution >= 4 is 21.6 Å². The molecule has 1 aliphatic heterocycles. The molecule has 1 aliphatic carbocycles. The minimum atomic E-state index is -4.78. The third kappa shape index (κ3) is 6.84. The summed E-state index contributed by atoms with van der Waals surface area (Å²) in [6.07, 6.45) is -3.71. The number of sulfonamides is 1. The van der Waals surface area contributed by atoms with E-state index >= 15 is 0 Å².